The summed E-state index contributed by atoms with van der Waals surface area (Å²) in [5.41, 5.74) is 0.151. The molecule has 0 saturated carbocycles. The predicted molar refractivity (Wildman–Crippen MR) is 64.8 cm³/mol. The number of aliphatic hydroxyl groups is 2. The molecule has 0 radical (unpaired) electrons. The second-order valence-electron chi connectivity index (χ2n) is 5.03. The summed E-state index contributed by atoms with van der Waals surface area (Å²) < 4.78 is 6.30. The molecule has 0 aromatic carbocycles. The summed E-state index contributed by atoms with van der Waals surface area (Å²) in [5.74, 6) is -0.839. The van der Waals surface area contributed by atoms with E-state index in [9.17, 15) is 15.0 Å². The minimum Gasteiger partial charge on any atom is -0.464 e. The Morgan fingerprint density at radius 2 is 2.11 bits per heavy atom. The van der Waals surface area contributed by atoms with Gasteiger partial charge < -0.3 is 14.9 Å². The molecule has 0 spiro atoms. The molecule has 102 valence electrons. The Kier molecular flexibility index (Phi) is 4.48. The Morgan fingerprint density at radius 3 is 2.56 bits per heavy atom. The largest absolute Gasteiger partial charge is 0.464 e. The van der Waals surface area contributed by atoms with E-state index in [4.69, 9.17) is 0 Å². The van der Waals surface area contributed by atoms with Crippen LogP contribution in [0.15, 0.2) is 12.4 Å². The highest BCUT2D eigenvalue weighted by molar-refractivity contribution is 5.75. The van der Waals surface area contributed by atoms with Gasteiger partial charge in [-0.3, -0.25) is 4.68 Å². The van der Waals surface area contributed by atoms with Crippen molar-refractivity contribution in [2.75, 3.05) is 6.61 Å². The first-order chi connectivity index (χ1) is 8.27. The van der Waals surface area contributed by atoms with Gasteiger partial charge in [-0.25, -0.2) is 4.79 Å². The zero-order valence-electron chi connectivity index (χ0n) is 11.1. The molecule has 2 N–H and O–H groups in total. The van der Waals surface area contributed by atoms with E-state index in [0.717, 1.165) is 0 Å². The van der Waals surface area contributed by atoms with Crippen LogP contribution in [0.4, 0.5) is 0 Å². The first-order valence-electron chi connectivity index (χ1n) is 5.85. The summed E-state index contributed by atoms with van der Waals surface area (Å²) >= 11 is 0. The Hall–Kier alpha value is -1.40. The molecule has 6 nitrogen and oxygen atoms in total. The lowest BCUT2D eigenvalue weighted by Crippen LogP contribution is -2.29. The maximum Gasteiger partial charge on any atom is 0.338 e. The van der Waals surface area contributed by atoms with Crippen molar-refractivity contribution in [1.29, 1.82) is 0 Å². The van der Waals surface area contributed by atoms with E-state index in [1.807, 2.05) is 20.8 Å². The monoisotopic (exact) mass is 256 g/mol. The highest BCUT2D eigenvalue weighted by Gasteiger charge is 2.28. The molecule has 18 heavy (non-hydrogen) atoms. The van der Waals surface area contributed by atoms with E-state index < -0.39 is 18.2 Å². The van der Waals surface area contributed by atoms with Crippen LogP contribution in [0.25, 0.3) is 0 Å². The van der Waals surface area contributed by atoms with Gasteiger partial charge in [0.1, 0.15) is 6.10 Å². The lowest BCUT2D eigenvalue weighted by atomic mass is 10.1. The lowest BCUT2D eigenvalue weighted by molar-refractivity contribution is -0.159. The summed E-state index contributed by atoms with van der Waals surface area (Å²) in [6.07, 6.45) is 0.105. The minimum absolute atomic E-state index is 0.157. The van der Waals surface area contributed by atoms with Gasteiger partial charge in [-0.1, -0.05) is 0 Å². The molecule has 1 aromatic heterocycles. The number of carbonyl (C=O) groups excluding carboxylic acids is 1. The van der Waals surface area contributed by atoms with E-state index in [0.29, 0.717) is 5.56 Å². The Morgan fingerprint density at radius 1 is 1.50 bits per heavy atom. The maximum absolute atomic E-state index is 11.3. The fourth-order valence-electron chi connectivity index (χ4n) is 1.40. The van der Waals surface area contributed by atoms with Gasteiger partial charge in [-0.2, -0.15) is 5.10 Å². The van der Waals surface area contributed by atoms with Crippen LogP contribution in [0.5, 0.6) is 0 Å². The number of aromatic nitrogens is 2. The molecule has 0 fully saturated rings. The van der Waals surface area contributed by atoms with Gasteiger partial charge in [0.2, 0.25) is 0 Å². The van der Waals surface area contributed by atoms with Crippen LogP contribution >= 0.6 is 0 Å². The maximum atomic E-state index is 11.3. The molecule has 1 aromatic rings. The van der Waals surface area contributed by atoms with Gasteiger partial charge in [0.15, 0.2) is 6.10 Å². The Balaban J connectivity index is 2.81. The van der Waals surface area contributed by atoms with E-state index in [2.05, 4.69) is 9.84 Å². The van der Waals surface area contributed by atoms with Crippen molar-refractivity contribution in [2.45, 2.75) is 45.4 Å². The zero-order valence-corrected chi connectivity index (χ0v) is 11.1. The topological polar surface area (TPSA) is 84.6 Å². The van der Waals surface area contributed by atoms with Crippen molar-refractivity contribution in [3.8, 4) is 0 Å². The van der Waals surface area contributed by atoms with Crippen molar-refractivity contribution in [3.63, 3.8) is 0 Å². The molecule has 2 unspecified atom stereocenters. The van der Waals surface area contributed by atoms with Gasteiger partial charge in [0.25, 0.3) is 0 Å². The van der Waals surface area contributed by atoms with Crippen molar-refractivity contribution in [2.24, 2.45) is 0 Å². The zero-order chi connectivity index (χ0) is 13.9. The van der Waals surface area contributed by atoms with Gasteiger partial charge in [-0.15, -0.1) is 0 Å². The predicted octanol–water partition coefficient (Wildman–Crippen LogP) is 0.595. The number of carbonyl (C=O) groups is 1. The fourth-order valence-corrected chi connectivity index (χ4v) is 1.40. The Bertz CT molecular complexity index is 408. The molecule has 0 aliphatic heterocycles. The van der Waals surface area contributed by atoms with Crippen LogP contribution < -0.4 is 0 Å². The number of ether oxygens (including phenoxy) is 1. The number of aliphatic hydroxyl groups excluding tert-OH is 2. The summed E-state index contributed by atoms with van der Waals surface area (Å²) in [7, 11) is 0. The molecule has 0 aliphatic rings. The van der Waals surface area contributed by atoms with Crippen molar-refractivity contribution < 1.29 is 19.7 Å². The van der Waals surface area contributed by atoms with Crippen molar-refractivity contribution in [3.05, 3.63) is 18.0 Å². The van der Waals surface area contributed by atoms with E-state index in [1.165, 1.54) is 6.20 Å². The summed E-state index contributed by atoms with van der Waals surface area (Å²) in [6, 6.07) is 0. The molecule has 0 saturated heterocycles. The molecule has 2 atom stereocenters. The van der Waals surface area contributed by atoms with Gasteiger partial charge in [0.05, 0.1) is 18.3 Å². The quantitative estimate of drug-likeness (QED) is 0.770. The van der Waals surface area contributed by atoms with Crippen molar-refractivity contribution >= 4 is 5.97 Å². The highest BCUT2D eigenvalue weighted by atomic mass is 16.5. The van der Waals surface area contributed by atoms with Gasteiger partial charge in [-0.05, 0) is 27.7 Å². The van der Waals surface area contributed by atoms with Gasteiger partial charge >= 0.3 is 5.97 Å². The molecular weight excluding hydrogens is 236 g/mol. The molecule has 1 rings (SSSR count). The fraction of sp³-hybridized carbons (Fsp3) is 0.667. The normalized spacial score (nSPS) is 15.2. The van der Waals surface area contributed by atoms with Crippen LogP contribution in [-0.2, 0) is 15.1 Å². The number of hydrogen-bond acceptors (Lipinski definition) is 5. The molecule has 0 aliphatic carbocycles. The second-order valence-corrected chi connectivity index (χ2v) is 5.03. The second kappa shape index (κ2) is 5.49. The third kappa shape index (κ3) is 3.30. The lowest BCUT2D eigenvalue weighted by Gasteiger charge is -2.19. The number of esters is 1. The van der Waals surface area contributed by atoms with E-state index in [-0.39, 0.29) is 12.1 Å². The standard InChI is InChI=1S/C12H20N2O4/c1-5-18-11(17)10(16)9(15)8-6-13-14(7-8)12(2,3)4/h6-7,9-10,15-16H,5H2,1-4H3. The van der Waals surface area contributed by atoms with Crippen LogP contribution in [0, 0.1) is 0 Å². The SMILES string of the molecule is CCOC(=O)C(O)C(O)c1cnn(C(C)(C)C)c1. The number of hydrogen-bond donors (Lipinski definition) is 2. The van der Waals surface area contributed by atoms with Crippen LogP contribution in [0.2, 0.25) is 0 Å². The summed E-state index contributed by atoms with van der Waals surface area (Å²) in [6.45, 7) is 7.66. The molecular formula is C12H20N2O4. The van der Waals surface area contributed by atoms with Crippen LogP contribution in [-0.4, -0.2) is 38.7 Å². The minimum atomic E-state index is -1.59. The average Bonchev–Trinajstić information content (AvgIpc) is 2.76. The Labute approximate surface area is 106 Å². The van der Waals surface area contributed by atoms with Crippen LogP contribution in [0.3, 0.4) is 0 Å². The third-order valence-electron chi connectivity index (χ3n) is 2.46. The summed E-state index contributed by atoms with van der Waals surface area (Å²) in [4.78, 5) is 11.3. The average molecular weight is 256 g/mol. The molecule has 0 amide bonds. The molecule has 0 bridgehead atoms. The van der Waals surface area contributed by atoms with Crippen molar-refractivity contribution in [1.82, 2.24) is 9.78 Å². The third-order valence-corrected chi connectivity index (χ3v) is 2.46. The number of nitrogens with zero attached hydrogens (tertiary/aromatic N) is 2. The molecule has 1 heterocycles. The number of rotatable bonds is 4. The van der Waals surface area contributed by atoms with E-state index in [1.54, 1.807) is 17.8 Å². The highest BCUT2D eigenvalue weighted by Crippen LogP contribution is 2.20. The molecule has 6 heteroatoms. The van der Waals surface area contributed by atoms with Crippen LogP contribution in [0.1, 0.15) is 39.4 Å². The van der Waals surface area contributed by atoms with Gasteiger partial charge in [0, 0.05) is 11.8 Å². The smallest absolute Gasteiger partial charge is 0.338 e. The summed E-state index contributed by atoms with van der Waals surface area (Å²) in [5, 5.41) is 23.6. The first-order valence-corrected chi connectivity index (χ1v) is 5.85. The first kappa shape index (κ1) is 14.7. The van der Waals surface area contributed by atoms with E-state index >= 15 is 0 Å².